The van der Waals surface area contributed by atoms with Gasteiger partial charge in [0, 0.05) is 24.7 Å². The predicted molar refractivity (Wildman–Crippen MR) is 94.3 cm³/mol. The Balaban J connectivity index is 2.26. The lowest BCUT2D eigenvalue weighted by Gasteiger charge is -2.22. The maximum absolute atomic E-state index is 12.8. The van der Waals surface area contributed by atoms with E-state index < -0.39 is 4.92 Å². The van der Waals surface area contributed by atoms with Crippen molar-refractivity contribution in [2.75, 3.05) is 6.54 Å². The van der Waals surface area contributed by atoms with Gasteiger partial charge in [0.25, 0.3) is 11.6 Å². The monoisotopic (exact) mass is 357 g/mol. The molecule has 2 aromatic rings. The van der Waals surface area contributed by atoms with Gasteiger partial charge in [-0.3, -0.25) is 14.9 Å². The van der Waals surface area contributed by atoms with Gasteiger partial charge in [0.1, 0.15) is 5.02 Å². The number of carbonyl (C=O) groups excluding carboxylic acids is 1. The minimum atomic E-state index is -0.607. The molecule has 0 unspecified atom stereocenters. The van der Waals surface area contributed by atoms with Crippen LogP contribution in [0.4, 0.5) is 5.69 Å². The lowest BCUT2D eigenvalue weighted by Crippen LogP contribution is -2.31. The van der Waals surface area contributed by atoms with Crippen molar-refractivity contribution in [3.63, 3.8) is 0 Å². The molecular formula is C18H16ClN3O3. The zero-order valence-electron chi connectivity index (χ0n) is 13.6. The van der Waals surface area contributed by atoms with Crippen LogP contribution in [0.2, 0.25) is 5.02 Å². The van der Waals surface area contributed by atoms with Crippen LogP contribution in [0.1, 0.15) is 34.8 Å². The standard InChI is InChI=1S/C18H16ClN3O3/c1-2-9-21(12-14-5-3-13(11-20)4-6-14)18(23)15-7-8-16(19)17(10-15)22(24)25/h3-8,10H,2,9,12H2,1H3. The number of hydrogen-bond acceptors (Lipinski definition) is 4. The first-order valence-electron chi connectivity index (χ1n) is 7.68. The van der Waals surface area contributed by atoms with E-state index in [0.29, 0.717) is 18.7 Å². The Morgan fingerprint density at radius 3 is 2.52 bits per heavy atom. The zero-order chi connectivity index (χ0) is 18.4. The minimum Gasteiger partial charge on any atom is -0.334 e. The summed E-state index contributed by atoms with van der Waals surface area (Å²) in [6.07, 6.45) is 0.748. The number of rotatable bonds is 6. The summed E-state index contributed by atoms with van der Waals surface area (Å²) in [4.78, 5) is 24.8. The largest absolute Gasteiger partial charge is 0.334 e. The van der Waals surface area contributed by atoms with Gasteiger partial charge in [0.05, 0.1) is 16.6 Å². The molecule has 6 nitrogen and oxygen atoms in total. The lowest BCUT2D eigenvalue weighted by molar-refractivity contribution is -0.384. The first kappa shape index (κ1) is 18.4. The average Bonchev–Trinajstić information content (AvgIpc) is 2.61. The molecule has 0 bridgehead atoms. The summed E-state index contributed by atoms with van der Waals surface area (Å²) in [5.74, 6) is -0.300. The molecule has 0 saturated heterocycles. The number of nitriles is 1. The smallest absolute Gasteiger partial charge is 0.288 e. The molecule has 2 rings (SSSR count). The first-order valence-corrected chi connectivity index (χ1v) is 8.06. The second-order valence-corrected chi connectivity index (χ2v) is 5.87. The summed E-state index contributed by atoms with van der Waals surface area (Å²) in [5.41, 5.74) is 1.36. The van der Waals surface area contributed by atoms with Gasteiger partial charge in [-0.1, -0.05) is 30.7 Å². The zero-order valence-corrected chi connectivity index (χ0v) is 14.4. The van der Waals surface area contributed by atoms with Crippen molar-refractivity contribution in [2.45, 2.75) is 19.9 Å². The molecule has 0 fully saturated rings. The van der Waals surface area contributed by atoms with E-state index in [1.807, 2.05) is 13.0 Å². The fraction of sp³-hybridized carbons (Fsp3) is 0.222. The average molecular weight is 358 g/mol. The van der Waals surface area contributed by atoms with Crippen LogP contribution < -0.4 is 0 Å². The van der Waals surface area contributed by atoms with E-state index in [0.717, 1.165) is 12.0 Å². The topological polar surface area (TPSA) is 87.2 Å². The molecule has 0 heterocycles. The molecule has 1 amide bonds. The van der Waals surface area contributed by atoms with Crippen molar-refractivity contribution in [3.05, 3.63) is 74.3 Å². The second kappa shape index (κ2) is 8.27. The number of nitro benzene ring substituents is 1. The first-order chi connectivity index (χ1) is 12.0. The van der Waals surface area contributed by atoms with Gasteiger partial charge in [-0.2, -0.15) is 5.26 Å². The molecule has 0 atom stereocenters. The number of carbonyl (C=O) groups is 1. The van der Waals surface area contributed by atoms with Gasteiger partial charge >= 0.3 is 0 Å². The fourth-order valence-electron chi connectivity index (χ4n) is 2.40. The van der Waals surface area contributed by atoms with Crippen LogP contribution >= 0.6 is 11.6 Å². The highest BCUT2D eigenvalue weighted by Gasteiger charge is 2.20. The third-order valence-corrected chi connectivity index (χ3v) is 3.95. The van der Waals surface area contributed by atoms with E-state index in [4.69, 9.17) is 16.9 Å². The second-order valence-electron chi connectivity index (χ2n) is 5.46. The van der Waals surface area contributed by atoms with Gasteiger partial charge < -0.3 is 4.90 Å². The minimum absolute atomic E-state index is 0.00400. The maximum Gasteiger partial charge on any atom is 0.288 e. The van der Waals surface area contributed by atoms with Crippen LogP contribution in [0.25, 0.3) is 0 Å². The van der Waals surface area contributed by atoms with Gasteiger partial charge in [0.15, 0.2) is 0 Å². The molecule has 0 saturated carbocycles. The summed E-state index contributed by atoms with van der Waals surface area (Å²) in [6.45, 7) is 2.81. The van der Waals surface area contributed by atoms with Gasteiger partial charge in [-0.25, -0.2) is 0 Å². The third-order valence-electron chi connectivity index (χ3n) is 3.63. The van der Waals surface area contributed by atoms with Gasteiger partial charge in [-0.05, 0) is 36.2 Å². The number of amides is 1. The Kier molecular flexibility index (Phi) is 6.09. The summed E-state index contributed by atoms with van der Waals surface area (Å²) < 4.78 is 0. The Morgan fingerprint density at radius 1 is 1.28 bits per heavy atom. The molecule has 0 aliphatic carbocycles. The van der Waals surface area contributed by atoms with Crippen LogP contribution in [0.3, 0.4) is 0 Å². The van der Waals surface area contributed by atoms with Crippen LogP contribution in [0.15, 0.2) is 42.5 Å². The number of nitro groups is 1. The van der Waals surface area contributed by atoms with E-state index in [9.17, 15) is 14.9 Å². The summed E-state index contributed by atoms with van der Waals surface area (Å²) >= 11 is 5.80. The maximum atomic E-state index is 12.8. The van der Waals surface area contributed by atoms with Crippen LogP contribution in [-0.2, 0) is 6.54 Å². The van der Waals surface area contributed by atoms with E-state index in [2.05, 4.69) is 0 Å². The molecule has 0 radical (unpaired) electrons. The SMILES string of the molecule is CCCN(Cc1ccc(C#N)cc1)C(=O)c1ccc(Cl)c([N+](=O)[O-])c1. The molecule has 128 valence electrons. The van der Waals surface area contributed by atoms with E-state index in [1.54, 1.807) is 29.2 Å². The highest BCUT2D eigenvalue weighted by Crippen LogP contribution is 2.26. The Labute approximate surface area is 150 Å². The molecule has 0 aliphatic heterocycles. The summed E-state index contributed by atoms with van der Waals surface area (Å²) in [7, 11) is 0. The quantitative estimate of drug-likeness (QED) is 0.573. The van der Waals surface area contributed by atoms with E-state index in [1.165, 1.54) is 18.2 Å². The molecule has 0 aliphatic rings. The van der Waals surface area contributed by atoms with Crippen LogP contribution in [-0.4, -0.2) is 22.3 Å². The van der Waals surface area contributed by atoms with Crippen LogP contribution in [0.5, 0.6) is 0 Å². The number of hydrogen-bond donors (Lipinski definition) is 0. The summed E-state index contributed by atoms with van der Waals surface area (Å²) in [5, 5.41) is 19.9. The third kappa shape index (κ3) is 4.55. The highest BCUT2D eigenvalue weighted by atomic mass is 35.5. The Bertz CT molecular complexity index is 828. The van der Waals surface area contributed by atoms with E-state index in [-0.39, 0.29) is 22.2 Å². The molecule has 0 N–H and O–H groups in total. The van der Waals surface area contributed by atoms with Gasteiger partial charge in [-0.15, -0.1) is 0 Å². The fourth-order valence-corrected chi connectivity index (χ4v) is 2.58. The number of halogens is 1. The van der Waals surface area contributed by atoms with Crippen molar-refractivity contribution in [1.82, 2.24) is 4.90 Å². The predicted octanol–water partition coefficient (Wildman–Crippen LogP) is 4.17. The number of nitrogens with zero attached hydrogens (tertiary/aromatic N) is 3. The van der Waals surface area contributed by atoms with Crippen molar-refractivity contribution in [2.24, 2.45) is 0 Å². The molecule has 7 heteroatoms. The normalized spacial score (nSPS) is 10.1. The highest BCUT2D eigenvalue weighted by molar-refractivity contribution is 6.32. The number of benzene rings is 2. The van der Waals surface area contributed by atoms with Crippen molar-refractivity contribution < 1.29 is 9.72 Å². The summed E-state index contributed by atoms with van der Waals surface area (Å²) in [6, 6.07) is 13.1. The molecular weight excluding hydrogens is 342 g/mol. The Hall–Kier alpha value is -2.91. The Morgan fingerprint density at radius 2 is 1.96 bits per heavy atom. The van der Waals surface area contributed by atoms with Gasteiger partial charge in [0.2, 0.25) is 0 Å². The molecule has 2 aromatic carbocycles. The van der Waals surface area contributed by atoms with Crippen LogP contribution in [0, 0.1) is 21.4 Å². The molecule has 25 heavy (non-hydrogen) atoms. The van der Waals surface area contributed by atoms with Crippen molar-refractivity contribution >= 4 is 23.2 Å². The lowest BCUT2D eigenvalue weighted by atomic mass is 10.1. The molecule has 0 spiro atoms. The molecule has 0 aromatic heterocycles. The van der Waals surface area contributed by atoms with E-state index >= 15 is 0 Å². The van der Waals surface area contributed by atoms with Crippen molar-refractivity contribution in [1.29, 1.82) is 5.26 Å². The van der Waals surface area contributed by atoms with Crippen molar-refractivity contribution in [3.8, 4) is 6.07 Å².